The van der Waals surface area contributed by atoms with Gasteiger partial charge >= 0.3 is 0 Å². The standard InChI is InChI=1S/C10H16N4OS2/c1-7(17(2)15)3-4-12-9-6-13-8(5-14-9)10(11)16/h5-7H,3-4H2,1-2H3,(H2,11,16)(H,12,14). The molecule has 1 aromatic heterocycles. The van der Waals surface area contributed by atoms with Crippen molar-refractivity contribution in [2.75, 3.05) is 18.1 Å². The second-order valence-corrected chi connectivity index (χ2v) is 5.92. The van der Waals surface area contributed by atoms with Gasteiger partial charge in [-0.25, -0.2) is 9.97 Å². The number of nitrogens with two attached hydrogens (primary N) is 1. The molecule has 1 rings (SSSR count). The van der Waals surface area contributed by atoms with Crippen LogP contribution in [-0.4, -0.2) is 37.2 Å². The van der Waals surface area contributed by atoms with Crippen LogP contribution in [0.3, 0.4) is 0 Å². The van der Waals surface area contributed by atoms with E-state index >= 15 is 0 Å². The Bertz CT molecular complexity index is 407. The molecule has 5 nitrogen and oxygen atoms in total. The summed E-state index contributed by atoms with van der Waals surface area (Å²) in [6.45, 7) is 2.67. The lowest BCUT2D eigenvalue weighted by atomic mass is 10.3. The van der Waals surface area contributed by atoms with Crippen LogP contribution in [0, 0.1) is 0 Å². The summed E-state index contributed by atoms with van der Waals surface area (Å²) >= 11 is 4.78. The molecule has 3 N–H and O–H groups in total. The lowest BCUT2D eigenvalue weighted by Gasteiger charge is -2.09. The molecule has 0 saturated carbocycles. The van der Waals surface area contributed by atoms with Crippen molar-refractivity contribution in [2.45, 2.75) is 18.6 Å². The Balaban J connectivity index is 2.42. The van der Waals surface area contributed by atoms with Crippen molar-refractivity contribution < 1.29 is 4.21 Å². The SMILES string of the molecule is CC(CCNc1cnc(C(N)=S)cn1)S(C)=O. The van der Waals surface area contributed by atoms with Crippen molar-refractivity contribution in [3.8, 4) is 0 Å². The van der Waals surface area contributed by atoms with Gasteiger partial charge < -0.3 is 11.1 Å². The van der Waals surface area contributed by atoms with Gasteiger partial charge in [-0.3, -0.25) is 4.21 Å². The second-order valence-electron chi connectivity index (χ2n) is 3.68. The zero-order chi connectivity index (χ0) is 12.8. The fourth-order valence-corrected chi connectivity index (χ4v) is 1.67. The number of hydrogen-bond donors (Lipinski definition) is 2. The third-order valence-electron chi connectivity index (χ3n) is 2.33. The smallest absolute Gasteiger partial charge is 0.144 e. The molecule has 2 unspecified atom stereocenters. The molecule has 0 saturated heterocycles. The normalized spacial score (nSPS) is 14.0. The average Bonchev–Trinajstić information content (AvgIpc) is 2.29. The minimum Gasteiger partial charge on any atom is -0.388 e. The molecule has 1 heterocycles. The van der Waals surface area contributed by atoms with E-state index in [1.54, 1.807) is 12.5 Å². The molecule has 94 valence electrons. The zero-order valence-electron chi connectivity index (χ0n) is 9.84. The maximum Gasteiger partial charge on any atom is 0.144 e. The fourth-order valence-electron chi connectivity index (χ4n) is 1.12. The van der Waals surface area contributed by atoms with E-state index in [9.17, 15) is 4.21 Å². The number of nitrogens with zero attached hydrogens (tertiary/aromatic N) is 2. The van der Waals surface area contributed by atoms with Crippen LogP contribution in [0.2, 0.25) is 0 Å². The molecule has 0 aliphatic carbocycles. The molecule has 1 aromatic rings. The van der Waals surface area contributed by atoms with Crippen LogP contribution in [0.1, 0.15) is 19.0 Å². The number of anilines is 1. The summed E-state index contributed by atoms with van der Waals surface area (Å²) in [7, 11) is -0.788. The van der Waals surface area contributed by atoms with Gasteiger partial charge in [-0.15, -0.1) is 0 Å². The van der Waals surface area contributed by atoms with Gasteiger partial charge in [0.2, 0.25) is 0 Å². The second kappa shape index (κ2) is 6.61. The predicted octanol–water partition coefficient (Wildman–Crippen LogP) is 0.680. The third kappa shape index (κ3) is 4.74. The Morgan fingerprint density at radius 3 is 2.76 bits per heavy atom. The molecule has 0 aliphatic heterocycles. The lowest BCUT2D eigenvalue weighted by molar-refractivity contribution is 0.672. The highest BCUT2D eigenvalue weighted by atomic mass is 32.2. The van der Waals surface area contributed by atoms with Crippen LogP contribution in [0.5, 0.6) is 0 Å². The summed E-state index contributed by atoms with van der Waals surface area (Å²) in [4.78, 5) is 8.42. The Labute approximate surface area is 109 Å². The van der Waals surface area contributed by atoms with E-state index in [1.165, 1.54) is 6.20 Å². The molecule has 0 amide bonds. The topological polar surface area (TPSA) is 80.9 Å². The van der Waals surface area contributed by atoms with Crippen molar-refractivity contribution in [3.63, 3.8) is 0 Å². The summed E-state index contributed by atoms with van der Waals surface area (Å²) in [6.07, 6.45) is 5.65. The van der Waals surface area contributed by atoms with Gasteiger partial charge in [0.15, 0.2) is 0 Å². The molecule has 0 aromatic carbocycles. The van der Waals surface area contributed by atoms with Crippen molar-refractivity contribution >= 4 is 33.8 Å². The Morgan fingerprint density at radius 1 is 1.59 bits per heavy atom. The van der Waals surface area contributed by atoms with Crippen molar-refractivity contribution in [1.29, 1.82) is 0 Å². The summed E-state index contributed by atoms with van der Waals surface area (Å²) in [5, 5.41) is 3.28. The van der Waals surface area contributed by atoms with E-state index in [0.717, 1.165) is 6.42 Å². The van der Waals surface area contributed by atoms with E-state index in [0.29, 0.717) is 18.1 Å². The number of aromatic nitrogens is 2. The van der Waals surface area contributed by atoms with Gasteiger partial charge in [0.05, 0.1) is 12.4 Å². The van der Waals surface area contributed by atoms with E-state index in [-0.39, 0.29) is 10.2 Å². The maximum atomic E-state index is 11.1. The van der Waals surface area contributed by atoms with Gasteiger partial charge in [-0.2, -0.15) is 0 Å². The maximum absolute atomic E-state index is 11.1. The van der Waals surface area contributed by atoms with Crippen LogP contribution >= 0.6 is 12.2 Å². The highest BCUT2D eigenvalue weighted by Gasteiger charge is 2.05. The average molecular weight is 272 g/mol. The zero-order valence-corrected chi connectivity index (χ0v) is 11.5. The van der Waals surface area contributed by atoms with E-state index in [1.807, 2.05) is 6.92 Å². The van der Waals surface area contributed by atoms with Gasteiger partial charge in [-0.1, -0.05) is 19.1 Å². The lowest BCUT2D eigenvalue weighted by Crippen LogP contribution is -2.16. The summed E-state index contributed by atoms with van der Waals surface area (Å²) in [5.41, 5.74) is 5.92. The number of rotatable bonds is 6. The molecular formula is C10H16N4OS2. The minimum atomic E-state index is -0.788. The predicted molar refractivity (Wildman–Crippen MR) is 74.6 cm³/mol. The number of hydrogen-bond acceptors (Lipinski definition) is 5. The Hall–Kier alpha value is -1.08. The van der Waals surface area contributed by atoms with E-state index in [2.05, 4.69) is 15.3 Å². The fraction of sp³-hybridized carbons (Fsp3) is 0.500. The molecule has 0 spiro atoms. The molecule has 0 aliphatic rings. The van der Waals surface area contributed by atoms with Gasteiger partial charge in [0.1, 0.15) is 16.5 Å². The minimum absolute atomic E-state index is 0.173. The monoisotopic (exact) mass is 272 g/mol. The first-order valence-corrected chi connectivity index (χ1v) is 7.21. The summed E-state index contributed by atoms with van der Waals surface area (Å²) < 4.78 is 11.1. The van der Waals surface area contributed by atoms with Crippen LogP contribution in [0.15, 0.2) is 12.4 Å². The van der Waals surface area contributed by atoms with Gasteiger partial charge in [0, 0.05) is 28.9 Å². The van der Waals surface area contributed by atoms with Crippen molar-refractivity contribution in [2.24, 2.45) is 5.73 Å². The number of thiocarbonyl (C=S) groups is 1. The Morgan fingerprint density at radius 2 is 2.29 bits per heavy atom. The van der Waals surface area contributed by atoms with Crippen LogP contribution in [-0.2, 0) is 10.8 Å². The van der Waals surface area contributed by atoms with E-state index in [4.69, 9.17) is 18.0 Å². The highest BCUT2D eigenvalue weighted by Crippen LogP contribution is 2.03. The van der Waals surface area contributed by atoms with Crippen LogP contribution in [0.25, 0.3) is 0 Å². The van der Waals surface area contributed by atoms with Crippen molar-refractivity contribution in [3.05, 3.63) is 18.1 Å². The van der Waals surface area contributed by atoms with Gasteiger partial charge in [0.25, 0.3) is 0 Å². The Kier molecular flexibility index (Phi) is 5.43. The first-order chi connectivity index (χ1) is 8.00. The molecule has 0 radical (unpaired) electrons. The first-order valence-electron chi connectivity index (χ1n) is 5.18. The largest absolute Gasteiger partial charge is 0.388 e. The molecular weight excluding hydrogens is 256 g/mol. The quantitative estimate of drug-likeness (QED) is 0.741. The van der Waals surface area contributed by atoms with Gasteiger partial charge in [-0.05, 0) is 6.42 Å². The third-order valence-corrected chi connectivity index (χ3v) is 3.91. The molecule has 2 atom stereocenters. The first kappa shape index (κ1) is 14.0. The van der Waals surface area contributed by atoms with E-state index < -0.39 is 10.8 Å². The molecule has 0 bridgehead atoms. The summed E-state index contributed by atoms with van der Waals surface area (Å²) in [6, 6.07) is 0. The molecule has 0 fully saturated rings. The summed E-state index contributed by atoms with van der Waals surface area (Å²) in [5.74, 6) is 0.666. The number of nitrogens with one attached hydrogen (secondary N) is 1. The molecule has 7 heteroatoms. The van der Waals surface area contributed by atoms with Crippen LogP contribution < -0.4 is 11.1 Å². The highest BCUT2D eigenvalue weighted by molar-refractivity contribution is 7.84. The van der Waals surface area contributed by atoms with Crippen molar-refractivity contribution in [1.82, 2.24) is 9.97 Å². The molecule has 17 heavy (non-hydrogen) atoms. The van der Waals surface area contributed by atoms with Crippen LogP contribution in [0.4, 0.5) is 5.82 Å².